The molecule has 2 fully saturated rings. The third kappa shape index (κ3) is 2.58. The summed E-state index contributed by atoms with van der Waals surface area (Å²) in [6, 6.07) is 0.819. The van der Waals surface area contributed by atoms with E-state index in [4.69, 9.17) is 5.73 Å². The Hall–Kier alpha value is -0.120. The zero-order chi connectivity index (χ0) is 11.6. The van der Waals surface area contributed by atoms with Crippen molar-refractivity contribution in [1.82, 2.24) is 9.80 Å². The van der Waals surface area contributed by atoms with Crippen LogP contribution >= 0.6 is 0 Å². The Morgan fingerprint density at radius 3 is 2.50 bits per heavy atom. The van der Waals surface area contributed by atoms with Crippen molar-refractivity contribution >= 4 is 0 Å². The topological polar surface area (TPSA) is 32.5 Å². The van der Waals surface area contributed by atoms with Crippen molar-refractivity contribution in [3.8, 4) is 0 Å². The van der Waals surface area contributed by atoms with Gasteiger partial charge in [0.2, 0.25) is 0 Å². The monoisotopic (exact) mass is 225 g/mol. The van der Waals surface area contributed by atoms with Crippen molar-refractivity contribution < 1.29 is 0 Å². The van der Waals surface area contributed by atoms with E-state index in [0.717, 1.165) is 19.0 Å². The Labute approximate surface area is 100.0 Å². The van der Waals surface area contributed by atoms with Crippen molar-refractivity contribution in [3.63, 3.8) is 0 Å². The molecular formula is C13H27N3. The molecule has 0 saturated carbocycles. The van der Waals surface area contributed by atoms with Gasteiger partial charge in [0.25, 0.3) is 0 Å². The first-order valence-electron chi connectivity index (χ1n) is 6.83. The number of nitrogens with zero attached hydrogens (tertiary/aromatic N) is 2. The summed E-state index contributed by atoms with van der Waals surface area (Å²) in [5.74, 6) is 0. The number of nitrogens with two attached hydrogens (primary N) is 1. The van der Waals surface area contributed by atoms with Crippen LogP contribution in [-0.4, -0.2) is 54.1 Å². The highest BCUT2D eigenvalue weighted by Gasteiger charge is 2.35. The summed E-state index contributed by atoms with van der Waals surface area (Å²) in [6.07, 6.45) is 5.28. The third-order valence-corrected chi connectivity index (χ3v) is 4.43. The van der Waals surface area contributed by atoms with Crippen LogP contribution < -0.4 is 5.73 Å². The second kappa shape index (κ2) is 5.03. The first-order valence-corrected chi connectivity index (χ1v) is 6.83. The highest BCUT2D eigenvalue weighted by atomic mass is 15.3. The lowest BCUT2D eigenvalue weighted by Gasteiger charge is -2.36. The lowest BCUT2D eigenvalue weighted by Crippen LogP contribution is -2.45. The molecular weight excluding hydrogens is 198 g/mol. The van der Waals surface area contributed by atoms with E-state index in [1.807, 2.05) is 0 Å². The Morgan fingerprint density at radius 2 is 1.88 bits per heavy atom. The molecule has 94 valence electrons. The quantitative estimate of drug-likeness (QED) is 0.782. The predicted octanol–water partition coefficient (Wildman–Crippen LogP) is 1.28. The molecule has 0 spiro atoms. The molecule has 1 unspecified atom stereocenters. The summed E-state index contributed by atoms with van der Waals surface area (Å²) in [6.45, 7) is 10.7. The first-order chi connectivity index (χ1) is 7.63. The van der Waals surface area contributed by atoms with Gasteiger partial charge < -0.3 is 5.73 Å². The van der Waals surface area contributed by atoms with E-state index in [0.29, 0.717) is 5.54 Å². The van der Waals surface area contributed by atoms with Crippen LogP contribution in [0.1, 0.15) is 39.5 Å². The molecule has 0 aromatic heterocycles. The second-order valence-electron chi connectivity index (χ2n) is 5.98. The molecule has 0 aromatic carbocycles. The van der Waals surface area contributed by atoms with E-state index in [1.165, 1.54) is 45.4 Å². The second-order valence-corrected chi connectivity index (χ2v) is 5.98. The first kappa shape index (κ1) is 12.3. The van der Waals surface area contributed by atoms with Gasteiger partial charge in [-0.2, -0.15) is 0 Å². The van der Waals surface area contributed by atoms with E-state index in [2.05, 4.69) is 23.6 Å². The Bertz CT molecular complexity index is 221. The van der Waals surface area contributed by atoms with Gasteiger partial charge in [-0.3, -0.25) is 9.80 Å². The minimum absolute atomic E-state index is 0.295. The van der Waals surface area contributed by atoms with Gasteiger partial charge in [-0.1, -0.05) is 0 Å². The maximum atomic E-state index is 5.70. The minimum atomic E-state index is 0.295. The molecule has 2 heterocycles. The highest BCUT2D eigenvalue weighted by Crippen LogP contribution is 2.27. The summed E-state index contributed by atoms with van der Waals surface area (Å²) >= 11 is 0. The van der Waals surface area contributed by atoms with Gasteiger partial charge >= 0.3 is 0 Å². The number of rotatable bonds is 4. The molecule has 0 radical (unpaired) electrons. The number of hydrogen-bond donors (Lipinski definition) is 1. The van der Waals surface area contributed by atoms with Gasteiger partial charge in [0, 0.05) is 24.7 Å². The normalized spacial score (nSPS) is 29.1. The van der Waals surface area contributed by atoms with Gasteiger partial charge in [0.15, 0.2) is 0 Å². The van der Waals surface area contributed by atoms with Gasteiger partial charge in [0.05, 0.1) is 0 Å². The zero-order valence-electron chi connectivity index (χ0n) is 10.9. The van der Waals surface area contributed by atoms with Crippen molar-refractivity contribution in [2.75, 3.05) is 32.7 Å². The van der Waals surface area contributed by atoms with Crippen LogP contribution in [0.5, 0.6) is 0 Å². The lowest BCUT2D eigenvalue weighted by molar-refractivity contribution is 0.130. The smallest absolute Gasteiger partial charge is 0.0235 e. The molecule has 3 nitrogen and oxygen atoms in total. The Kier molecular flexibility index (Phi) is 3.88. The molecule has 2 aliphatic heterocycles. The molecule has 3 heteroatoms. The number of likely N-dealkylation sites (tertiary alicyclic amines) is 2. The summed E-state index contributed by atoms with van der Waals surface area (Å²) in [5, 5.41) is 0. The number of hydrogen-bond acceptors (Lipinski definition) is 3. The summed E-state index contributed by atoms with van der Waals surface area (Å²) in [5.41, 5.74) is 6.00. The fraction of sp³-hybridized carbons (Fsp3) is 1.00. The van der Waals surface area contributed by atoms with Crippen LogP contribution in [0.25, 0.3) is 0 Å². The summed E-state index contributed by atoms with van der Waals surface area (Å²) < 4.78 is 0. The lowest BCUT2D eigenvalue weighted by atomic mass is 9.99. The largest absolute Gasteiger partial charge is 0.330 e. The van der Waals surface area contributed by atoms with Crippen molar-refractivity contribution in [2.24, 2.45) is 5.73 Å². The van der Waals surface area contributed by atoms with Gasteiger partial charge in [0.1, 0.15) is 0 Å². The fourth-order valence-electron chi connectivity index (χ4n) is 3.21. The Morgan fingerprint density at radius 1 is 1.19 bits per heavy atom. The molecule has 1 atom stereocenters. The zero-order valence-corrected chi connectivity index (χ0v) is 10.9. The van der Waals surface area contributed by atoms with Crippen molar-refractivity contribution in [1.29, 1.82) is 0 Å². The van der Waals surface area contributed by atoms with E-state index in [-0.39, 0.29) is 0 Å². The minimum Gasteiger partial charge on any atom is -0.330 e. The predicted molar refractivity (Wildman–Crippen MR) is 68.5 cm³/mol. The molecule has 2 saturated heterocycles. The molecule has 2 aliphatic rings. The van der Waals surface area contributed by atoms with Crippen LogP contribution in [0.4, 0.5) is 0 Å². The third-order valence-electron chi connectivity index (χ3n) is 4.43. The molecule has 0 amide bonds. The van der Waals surface area contributed by atoms with E-state index >= 15 is 0 Å². The average Bonchev–Trinajstić information content (AvgIpc) is 2.89. The van der Waals surface area contributed by atoms with E-state index in [1.54, 1.807) is 0 Å². The molecule has 0 aliphatic carbocycles. The van der Waals surface area contributed by atoms with Crippen LogP contribution in [0, 0.1) is 0 Å². The molecule has 2 N–H and O–H groups in total. The summed E-state index contributed by atoms with van der Waals surface area (Å²) in [4.78, 5) is 5.33. The molecule has 0 aromatic rings. The van der Waals surface area contributed by atoms with Gasteiger partial charge in [-0.25, -0.2) is 0 Å². The highest BCUT2D eigenvalue weighted by molar-refractivity contribution is 4.92. The maximum Gasteiger partial charge on any atom is 0.0235 e. The van der Waals surface area contributed by atoms with Crippen molar-refractivity contribution in [2.45, 2.75) is 51.1 Å². The van der Waals surface area contributed by atoms with Crippen LogP contribution in [0.15, 0.2) is 0 Å². The van der Waals surface area contributed by atoms with Crippen LogP contribution in [-0.2, 0) is 0 Å². The van der Waals surface area contributed by atoms with Gasteiger partial charge in [-0.15, -0.1) is 0 Å². The average molecular weight is 225 g/mol. The van der Waals surface area contributed by atoms with Crippen LogP contribution in [0.2, 0.25) is 0 Å². The van der Waals surface area contributed by atoms with Crippen LogP contribution in [0.3, 0.4) is 0 Å². The summed E-state index contributed by atoms with van der Waals surface area (Å²) in [7, 11) is 0. The molecule has 0 bridgehead atoms. The van der Waals surface area contributed by atoms with Crippen molar-refractivity contribution in [3.05, 3.63) is 0 Å². The molecule has 2 rings (SSSR count). The Balaban J connectivity index is 1.86. The maximum absolute atomic E-state index is 5.70. The van der Waals surface area contributed by atoms with Gasteiger partial charge in [-0.05, 0) is 59.2 Å². The standard InChI is InChI=1S/C13H27N3/c1-13(2,6-7-14)16-10-5-12(11-16)15-8-3-4-9-15/h12H,3-11,14H2,1-2H3. The van der Waals surface area contributed by atoms with E-state index < -0.39 is 0 Å². The molecule has 16 heavy (non-hydrogen) atoms. The fourth-order valence-corrected chi connectivity index (χ4v) is 3.21. The SMILES string of the molecule is CC(C)(CCN)N1CCC(N2CCCC2)C1. The van der Waals surface area contributed by atoms with E-state index in [9.17, 15) is 0 Å².